The Morgan fingerprint density at radius 2 is 1.93 bits per heavy atom. The Hall–Kier alpha value is -2.64. The minimum Gasteiger partial charge on any atom is -0.550 e. The highest BCUT2D eigenvalue weighted by Gasteiger charge is 2.47. The topological polar surface area (TPSA) is 215 Å². The fourth-order valence-electron chi connectivity index (χ4n) is 2.17. The lowest BCUT2D eigenvalue weighted by molar-refractivity contribution is -0.765. The van der Waals surface area contributed by atoms with Crippen LogP contribution in [0.3, 0.4) is 0 Å². The molecule has 0 aliphatic carbocycles. The first kappa shape index (κ1) is 22.4. The van der Waals surface area contributed by atoms with Gasteiger partial charge in [0.2, 0.25) is 0 Å². The number of nitrogens with two attached hydrogens (primary N) is 1. The normalized spacial score (nSPS) is 25.2. The van der Waals surface area contributed by atoms with E-state index in [1.807, 2.05) is 0 Å². The van der Waals surface area contributed by atoms with Gasteiger partial charge >= 0.3 is 5.97 Å². The number of carbonyl (C=O) groups is 3. The highest BCUT2D eigenvalue weighted by molar-refractivity contribution is 5.92. The second kappa shape index (κ2) is 9.89. The Morgan fingerprint density at radius 3 is 2.33 bits per heavy atom. The number of carboxylic acid groups (broad SMARTS) is 2. The number of aliphatic carboxylic acids is 2. The van der Waals surface area contributed by atoms with Gasteiger partial charge in [-0.15, -0.1) is 0 Å². The molecule has 1 saturated heterocycles. The van der Waals surface area contributed by atoms with Crippen LogP contribution in [0.4, 0.5) is 0 Å². The summed E-state index contributed by atoms with van der Waals surface area (Å²) < 4.78 is 6.75. The molecule has 1 aliphatic heterocycles. The fourth-order valence-corrected chi connectivity index (χ4v) is 2.17. The van der Waals surface area contributed by atoms with Crippen LogP contribution in [0, 0.1) is 0 Å². The maximum atomic E-state index is 11.1. The maximum absolute atomic E-state index is 11.1. The number of pyridine rings is 1. The smallest absolute Gasteiger partial charge is 0.332 e. The first-order valence-corrected chi connectivity index (χ1v) is 7.62. The van der Waals surface area contributed by atoms with Crippen molar-refractivity contribution in [3.05, 3.63) is 30.1 Å². The molecule has 12 nitrogen and oxygen atoms in total. The third-order valence-electron chi connectivity index (χ3n) is 3.56. The minimum atomic E-state index is -1.85. The summed E-state index contributed by atoms with van der Waals surface area (Å²) in [7, 11) is 0. The van der Waals surface area contributed by atoms with E-state index in [2.05, 4.69) is 0 Å². The highest BCUT2D eigenvalue weighted by Crippen LogP contribution is 2.24. The van der Waals surface area contributed by atoms with Gasteiger partial charge in [-0.25, -0.2) is 4.79 Å². The number of rotatable bonds is 6. The molecule has 12 heteroatoms. The second-order valence-electron chi connectivity index (χ2n) is 5.56. The van der Waals surface area contributed by atoms with Crippen molar-refractivity contribution in [2.45, 2.75) is 37.1 Å². The van der Waals surface area contributed by atoms with E-state index in [1.54, 1.807) is 12.3 Å². The Bertz CT molecular complexity index is 682. The lowest BCUT2D eigenvalue weighted by atomic mass is 10.1. The van der Waals surface area contributed by atoms with Crippen molar-refractivity contribution in [2.24, 2.45) is 5.73 Å². The van der Waals surface area contributed by atoms with Gasteiger partial charge in [-0.2, -0.15) is 4.57 Å². The number of nitrogens with zero attached hydrogens (tertiary/aromatic N) is 1. The predicted octanol–water partition coefficient (Wildman–Crippen LogP) is -4.74. The lowest BCUT2D eigenvalue weighted by Crippen LogP contribution is -2.46. The molecule has 2 rings (SSSR count). The van der Waals surface area contributed by atoms with Crippen LogP contribution in [-0.2, 0) is 14.3 Å². The zero-order valence-electron chi connectivity index (χ0n) is 13.9. The molecule has 2 heterocycles. The minimum absolute atomic E-state index is 0.259. The van der Waals surface area contributed by atoms with Crippen molar-refractivity contribution in [3.8, 4) is 0 Å². The van der Waals surface area contributed by atoms with E-state index in [0.29, 0.717) is 0 Å². The van der Waals surface area contributed by atoms with E-state index < -0.39 is 61.5 Å². The first-order chi connectivity index (χ1) is 12.6. The van der Waals surface area contributed by atoms with Crippen LogP contribution in [0.1, 0.15) is 23.0 Å². The van der Waals surface area contributed by atoms with Gasteiger partial charge in [0.1, 0.15) is 17.8 Å². The lowest BCUT2D eigenvalue weighted by Gasteiger charge is -2.09. The molecule has 5 atom stereocenters. The first-order valence-electron chi connectivity index (χ1n) is 7.62. The summed E-state index contributed by atoms with van der Waals surface area (Å²) in [6, 6.07) is 3.11. The molecule has 0 radical (unpaired) electrons. The summed E-state index contributed by atoms with van der Waals surface area (Å²) >= 11 is 0. The van der Waals surface area contributed by atoms with Crippen molar-refractivity contribution in [1.29, 1.82) is 0 Å². The Labute approximate surface area is 152 Å². The maximum Gasteiger partial charge on any atom is 0.332 e. The molecule has 27 heavy (non-hydrogen) atoms. The molecule has 150 valence electrons. The fraction of sp³-hybridized carbons (Fsp3) is 0.467. The van der Waals surface area contributed by atoms with Gasteiger partial charge in [0.25, 0.3) is 12.1 Å². The predicted molar refractivity (Wildman–Crippen MR) is 81.4 cm³/mol. The Balaban J connectivity index is 0.000000345. The van der Waals surface area contributed by atoms with Gasteiger partial charge in [-0.05, 0) is 6.07 Å². The summed E-state index contributed by atoms with van der Waals surface area (Å²) in [4.78, 5) is 30.3. The molecule has 1 aliphatic rings. The highest BCUT2D eigenvalue weighted by atomic mass is 16.6. The molecule has 1 fully saturated rings. The molecular formula is C15H20N2O10. The van der Waals surface area contributed by atoms with E-state index in [-0.39, 0.29) is 5.56 Å². The van der Waals surface area contributed by atoms with Crippen LogP contribution in [-0.4, -0.2) is 74.4 Å². The Kier molecular flexibility index (Phi) is 8.21. The van der Waals surface area contributed by atoms with E-state index in [0.717, 1.165) is 0 Å². The van der Waals surface area contributed by atoms with Crippen LogP contribution < -0.4 is 15.4 Å². The Morgan fingerprint density at radius 1 is 1.30 bits per heavy atom. The number of carbonyl (C=O) groups excluding carboxylic acids is 2. The van der Waals surface area contributed by atoms with Crippen LogP contribution in [0.2, 0.25) is 0 Å². The number of primary amides is 1. The number of hydrogen-bond donors (Lipinski definition) is 6. The summed E-state index contributed by atoms with van der Waals surface area (Å²) in [5, 5.41) is 54.2. The van der Waals surface area contributed by atoms with Crippen molar-refractivity contribution < 1.29 is 54.3 Å². The van der Waals surface area contributed by atoms with E-state index in [1.165, 1.54) is 16.8 Å². The third kappa shape index (κ3) is 6.23. The number of ether oxygens (including phenoxy) is 1. The number of hydrogen-bond acceptors (Lipinski definition) is 9. The van der Waals surface area contributed by atoms with Crippen molar-refractivity contribution in [2.75, 3.05) is 6.61 Å². The molecular weight excluding hydrogens is 368 g/mol. The number of aromatic nitrogens is 1. The molecule has 0 bridgehead atoms. The monoisotopic (exact) mass is 388 g/mol. The number of amides is 1. The van der Waals surface area contributed by atoms with Gasteiger partial charge in [-0.1, -0.05) is 0 Å². The third-order valence-corrected chi connectivity index (χ3v) is 3.56. The number of aliphatic hydroxyl groups is 4. The van der Waals surface area contributed by atoms with Crippen LogP contribution in [0.5, 0.6) is 0 Å². The molecule has 7 N–H and O–H groups in total. The van der Waals surface area contributed by atoms with E-state index >= 15 is 0 Å². The van der Waals surface area contributed by atoms with Gasteiger partial charge in [0, 0.05) is 18.5 Å². The molecule has 0 unspecified atom stereocenters. The van der Waals surface area contributed by atoms with Gasteiger partial charge in [-0.3, -0.25) is 4.79 Å². The van der Waals surface area contributed by atoms with Crippen LogP contribution >= 0.6 is 0 Å². The molecule has 0 aromatic carbocycles. The average molecular weight is 388 g/mol. The van der Waals surface area contributed by atoms with Crippen molar-refractivity contribution in [3.63, 3.8) is 0 Å². The van der Waals surface area contributed by atoms with Gasteiger partial charge < -0.3 is 45.9 Å². The molecule has 0 saturated carbocycles. The van der Waals surface area contributed by atoms with Crippen molar-refractivity contribution in [1.82, 2.24) is 0 Å². The summed E-state index contributed by atoms with van der Waals surface area (Å²) in [5.41, 5.74) is 5.41. The molecule has 1 aromatic rings. The quantitative estimate of drug-likeness (QED) is 0.256. The van der Waals surface area contributed by atoms with Gasteiger partial charge in [0.05, 0.1) is 6.61 Å². The zero-order chi connectivity index (χ0) is 20.7. The van der Waals surface area contributed by atoms with Gasteiger partial charge in [0.15, 0.2) is 24.6 Å². The average Bonchev–Trinajstić information content (AvgIpc) is 2.90. The summed E-state index contributed by atoms with van der Waals surface area (Å²) in [5.74, 6) is -3.74. The van der Waals surface area contributed by atoms with Crippen LogP contribution in [0.15, 0.2) is 24.5 Å². The number of carboxylic acids is 2. The molecule has 1 amide bonds. The van der Waals surface area contributed by atoms with E-state index in [9.17, 15) is 29.7 Å². The molecule has 1 aromatic heterocycles. The van der Waals surface area contributed by atoms with Crippen LogP contribution in [0.25, 0.3) is 0 Å². The SMILES string of the molecule is NC(=O)c1ccc[n+]([C@@H]2O[C@H](CO)[C@@H](O)[C@H]2O)c1.O=C([O-])C[C@@H](O)C(=O)O. The summed E-state index contributed by atoms with van der Waals surface area (Å²) in [6.07, 6.45) is -3.80. The standard InChI is InChI=1S/C11H14N2O5.C4H6O5/c12-10(17)6-2-1-3-13(4-6)11-9(16)8(15)7(5-14)18-11;5-2(4(8)9)1-3(6)7/h1-4,7-9,11,14-16H,5H2,(H-,12,17);2,5H,1H2,(H,6,7)(H,8,9)/t7-,8-,9-,11-;2-/m11/s1. The van der Waals surface area contributed by atoms with E-state index in [4.69, 9.17) is 25.8 Å². The number of aliphatic hydroxyl groups excluding tert-OH is 4. The zero-order valence-corrected chi connectivity index (χ0v) is 13.9. The second-order valence-corrected chi connectivity index (χ2v) is 5.56. The molecule has 0 spiro atoms. The largest absolute Gasteiger partial charge is 0.550 e. The summed E-state index contributed by atoms with van der Waals surface area (Å²) in [6.45, 7) is -0.398. The van der Waals surface area contributed by atoms with Crippen molar-refractivity contribution >= 4 is 17.8 Å².